The van der Waals surface area contributed by atoms with Crippen molar-refractivity contribution in [3.63, 3.8) is 0 Å². The van der Waals surface area contributed by atoms with Crippen molar-refractivity contribution in [3.05, 3.63) is 52.0 Å². The molecule has 0 spiro atoms. The number of hydrogen-bond acceptors (Lipinski definition) is 4. The molecule has 1 unspecified atom stereocenters. The van der Waals surface area contributed by atoms with Crippen molar-refractivity contribution in [2.75, 3.05) is 20.2 Å². The minimum Gasteiger partial charge on any atom is -0.469 e. The first-order valence-electron chi connectivity index (χ1n) is 7.99. The van der Waals surface area contributed by atoms with Gasteiger partial charge in [-0.05, 0) is 17.7 Å². The smallest absolute Gasteiger partial charge is 0.318 e. The fraction of sp³-hybridized carbons (Fsp3) is 0.353. The number of imidazole rings is 1. The van der Waals surface area contributed by atoms with Gasteiger partial charge in [0.15, 0.2) is 0 Å². The van der Waals surface area contributed by atoms with Gasteiger partial charge in [-0.3, -0.25) is 4.79 Å². The van der Waals surface area contributed by atoms with Crippen LogP contribution in [0.25, 0.3) is 0 Å². The number of benzene rings is 1. The van der Waals surface area contributed by atoms with E-state index in [1.165, 1.54) is 7.11 Å². The summed E-state index contributed by atoms with van der Waals surface area (Å²) in [5, 5.41) is 2.79. The Labute approximate surface area is 153 Å². The number of ether oxygens (including phenoxy) is 1. The number of urea groups is 1. The van der Waals surface area contributed by atoms with Gasteiger partial charge in [-0.1, -0.05) is 28.1 Å². The lowest BCUT2D eigenvalue weighted by atomic mass is 9.96. The maximum absolute atomic E-state index is 12.7. The first-order chi connectivity index (χ1) is 12.1. The molecule has 2 aromatic rings. The van der Waals surface area contributed by atoms with Crippen molar-refractivity contribution in [2.24, 2.45) is 0 Å². The van der Waals surface area contributed by atoms with E-state index in [4.69, 9.17) is 0 Å². The van der Waals surface area contributed by atoms with Crippen molar-refractivity contribution < 1.29 is 14.3 Å². The maximum atomic E-state index is 12.7. The van der Waals surface area contributed by atoms with Gasteiger partial charge in [0.2, 0.25) is 0 Å². The Balaban J connectivity index is 1.81. The topological polar surface area (TPSA) is 87.3 Å². The summed E-state index contributed by atoms with van der Waals surface area (Å²) in [6, 6.07) is 7.37. The van der Waals surface area contributed by atoms with Crippen molar-refractivity contribution in [1.82, 2.24) is 20.2 Å². The van der Waals surface area contributed by atoms with Crippen LogP contribution in [-0.4, -0.2) is 47.1 Å². The molecule has 25 heavy (non-hydrogen) atoms. The molecule has 1 aromatic heterocycles. The summed E-state index contributed by atoms with van der Waals surface area (Å²) in [5.41, 5.74) is 2.89. The van der Waals surface area contributed by atoms with E-state index in [1.807, 2.05) is 24.3 Å². The number of nitrogens with one attached hydrogen (secondary N) is 2. The first kappa shape index (κ1) is 17.5. The lowest BCUT2D eigenvalue weighted by molar-refractivity contribution is -0.140. The van der Waals surface area contributed by atoms with Gasteiger partial charge in [-0.15, -0.1) is 0 Å². The van der Waals surface area contributed by atoms with Crippen LogP contribution in [0, 0.1) is 0 Å². The second-order valence-electron chi connectivity index (χ2n) is 5.72. The molecule has 0 fully saturated rings. The highest BCUT2D eigenvalue weighted by atomic mass is 79.9. The third-order valence-corrected chi connectivity index (χ3v) is 4.73. The minimum atomic E-state index is -0.349. The number of fused-ring (bicyclic) bond motifs is 1. The van der Waals surface area contributed by atoms with Crippen LogP contribution in [0.3, 0.4) is 0 Å². The molecular weight excluding hydrogens is 388 g/mol. The molecule has 0 aliphatic carbocycles. The second kappa shape index (κ2) is 7.69. The van der Waals surface area contributed by atoms with E-state index in [2.05, 4.69) is 36.0 Å². The summed E-state index contributed by atoms with van der Waals surface area (Å²) in [7, 11) is 1.33. The van der Waals surface area contributed by atoms with E-state index in [1.54, 1.807) is 11.2 Å². The Bertz CT molecular complexity index is 760. The van der Waals surface area contributed by atoms with Crippen LogP contribution in [0.2, 0.25) is 0 Å². The summed E-state index contributed by atoms with van der Waals surface area (Å²) in [4.78, 5) is 33.2. The van der Waals surface area contributed by atoms with E-state index in [-0.39, 0.29) is 31.0 Å². The number of carbonyl (C=O) groups is 2. The molecule has 1 aliphatic rings. The monoisotopic (exact) mass is 406 g/mol. The molecule has 0 radical (unpaired) electrons. The van der Waals surface area contributed by atoms with Gasteiger partial charge in [0.1, 0.15) is 6.04 Å². The van der Waals surface area contributed by atoms with Gasteiger partial charge in [0.25, 0.3) is 0 Å². The number of nitrogens with zero attached hydrogens (tertiary/aromatic N) is 2. The largest absolute Gasteiger partial charge is 0.469 e. The maximum Gasteiger partial charge on any atom is 0.318 e. The van der Waals surface area contributed by atoms with Crippen LogP contribution in [0.15, 0.2) is 35.1 Å². The fourth-order valence-corrected chi connectivity index (χ4v) is 3.22. The lowest BCUT2D eigenvalue weighted by Crippen LogP contribution is -2.46. The molecule has 1 atom stereocenters. The summed E-state index contributed by atoms with van der Waals surface area (Å²) in [5.74, 6) is -0.349. The molecule has 2 N–H and O–H groups in total. The van der Waals surface area contributed by atoms with E-state index < -0.39 is 0 Å². The molecule has 8 heteroatoms. The summed E-state index contributed by atoms with van der Waals surface area (Å²) >= 11 is 3.43. The molecule has 0 bridgehead atoms. The highest BCUT2D eigenvalue weighted by Gasteiger charge is 2.33. The number of methoxy groups -OCH3 is 1. The minimum absolute atomic E-state index is 0.146. The van der Waals surface area contributed by atoms with Crippen LogP contribution >= 0.6 is 15.9 Å². The zero-order chi connectivity index (χ0) is 17.8. The van der Waals surface area contributed by atoms with Crippen LogP contribution in [0.4, 0.5) is 4.79 Å². The molecule has 0 saturated carbocycles. The Morgan fingerprint density at radius 1 is 1.40 bits per heavy atom. The Hall–Kier alpha value is -2.35. The standard InChI is InChI=1S/C17H19BrN4O3/c1-25-14(23)6-8-19-17(24)22-9-7-13-15(21-10-20-13)16(22)11-2-4-12(18)5-3-11/h2-5,10,16H,6-9H2,1H3,(H,19,24)(H,20,21). The van der Waals surface area contributed by atoms with Gasteiger partial charge in [0, 0.05) is 29.7 Å². The molecule has 1 aliphatic heterocycles. The van der Waals surface area contributed by atoms with Crippen molar-refractivity contribution in [2.45, 2.75) is 18.9 Å². The number of aromatic nitrogens is 2. The predicted octanol–water partition coefficient (Wildman–Crippen LogP) is 2.39. The number of halogens is 1. The molecule has 3 rings (SSSR count). The number of aromatic amines is 1. The second-order valence-corrected chi connectivity index (χ2v) is 6.64. The predicted molar refractivity (Wildman–Crippen MR) is 95.0 cm³/mol. The lowest BCUT2D eigenvalue weighted by Gasteiger charge is -2.35. The molecule has 132 valence electrons. The van der Waals surface area contributed by atoms with Gasteiger partial charge >= 0.3 is 12.0 Å². The Kier molecular flexibility index (Phi) is 5.37. The van der Waals surface area contributed by atoms with Crippen molar-refractivity contribution in [3.8, 4) is 0 Å². The van der Waals surface area contributed by atoms with Crippen LogP contribution in [0.1, 0.15) is 29.4 Å². The summed E-state index contributed by atoms with van der Waals surface area (Å²) in [6.07, 6.45) is 2.52. The van der Waals surface area contributed by atoms with Gasteiger partial charge in [0.05, 0.1) is 25.6 Å². The third-order valence-electron chi connectivity index (χ3n) is 4.20. The first-order valence-corrected chi connectivity index (χ1v) is 8.78. The number of carbonyl (C=O) groups excluding carboxylic acids is 2. The number of esters is 1. The molecule has 7 nitrogen and oxygen atoms in total. The molecule has 0 saturated heterocycles. The molecule has 2 heterocycles. The van der Waals surface area contributed by atoms with E-state index >= 15 is 0 Å². The highest BCUT2D eigenvalue weighted by molar-refractivity contribution is 9.10. The van der Waals surface area contributed by atoms with Gasteiger partial charge in [-0.2, -0.15) is 0 Å². The van der Waals surface area contributed by atoms with E-state index in [9.17, 15) is 9.59 Å². The normalized spacial score (nSPS) is 16.2. The molecule has 2 amide bonds. The van der Waals surface area contributed by atoms with E-state index in [0.717, 1.165) is 21.4 Å². The number of amides is 2. The fourth-order valence-electron chi connectivity index (χ4n) is 2.95. The zero-order valence-corrected chi connectivity index (χ0v) is 15.4. The average Bonchev–Trinajstić information content (AvgIpc) is 3.10. The third kappa shape index (κ3) is 3.84. The number of hydrogen-bond donors (Lipinski definition) is 2. The number of rotatable bonds is 4. The average molecular weight is 407 g/mol. The van der Waals surface area contributed by atoms with Crippen molar-refractivity contribution >= 4 is 27.9 Å². The van der Waals surface area contributed by atoms with E-state index in [0.29, 0.717) is 13.0 Å². The number of H-pyrrole nitrogens is 1. The molecular formula is C17H19BrN4O3. The van der Waals surface area contributed by atoms with Gasteiger partial charge in [-0.25, -0.2) is 9.78 Å². The van der Waals surface area contributed by atoms with Crippen LogP contribution < -0.4 is 5.32 Å². The summed E-state index contributed by atoms with van der Waals surface area (Å²) < 4.78 is 5.57. The zero-order valence-electron chi connectivity index (χ0n) is 13.8. The van der Waals surface area contributed by atoms with Crippen LogP contribution in [-0.2, 0) is 16.0 Å². The SMILES string of the molecule is COC(=O)CCNC(=O)N1CCc2[nH]cnc2C1c1ccc(Br)cc1. The summed E-state index contributed by atoms with van der Waals surface area (Å²) in [6.45, 7) is 0.808. The van der Waals surface area contributed by atoms with Crippen LogP contribution in [0.5, 0.6) is 0 Å². The Morgan fingerprint density at radius 3 is 2.88 bits per heavy atom. The molecule has 1 aromatic carbocycles. The Morgan fingerprint density at radius 2 is 2.16 bits per heavy atom. The highest BCUT2D eigenvalue weighted by Crippen LogP contribution is 2.33. The quantitative estimate of drug-likeness (QED) is 0.763. The van der Waals surface area contributed by atoms with Crippen molar-refractivity contribution in [1.29, 1.82) is 0 Å². The van der Waals surface area contributed by atoms with Gasteiger partial charge < -0.3 is 19.9 Å².